The minimum absolute atomic E-state index is 0.0579. The van der Waals surface area contributed by atoms with Gasteiger partial charge in [-0.2, -0.15) is 0 Å². The second kappa shape index (κ2) is 5.67. The molecule has 0 radical (unpaired) electrons. The topological polar surface area (TPSA) is 73.5 Å². The Balaban J connectivity index is 0.000000791. The largest absolute Gasteiger partial charge is 0.416 e. The Kier molecular flexibility index (Phi) is 4.89. The molecular weight excluding hydrogens is 182 g/mol. The number of nitrogens with two attached hydrogens (primary N) is 1. The lowest BCUT2D eigenvalue weighted by Gasteiger charge is -1.89. The number of nitrogens with zero attached hydrogens (tertiary/aromatic N) is 2. The van der Waals surface area contributed by atoms with Gasteiger partial charge in [0, 0.05) is 12.1 Å². The van der Waals surface area contributed by atoms with Gasteiger partial charge in [0.1, 0.15) is 0 Å². The molecule has 0 bridgehead atoms. The van der Waals surface area contributed by atoms with E-state index in [-0.39, 0.29) is 11.4 Å². The summed E-state index contributed by atoms with van der Waals surface area (Å²) in [4.78, 5) is 13.2. The molecule has 0 spiro atoms. The predicted octanol–water partition coefficient (Wildman–Crippen LogP) is 2.07. The highest BCUT2D eigenvalue weighted by Gasteiger charge is 2.20. The van der Waals surface area contributed by atoms with E-state index in [4.69, 9.17) is 6.57 Å². The highest BCUT2D eigenvalue weighted by molar-refractivity contribution is 5.63. The van der Waals surface area contributed by atoms with Gasteiger partial charge in [-0.25, -0.2) is 0 Å². The molecule has 0 aliphatic rings. The van der Waals surface area contributed by atoms with Crippen molar-refractivity contribution < 1.29 is 4.92 Å². The molecule has 0 amide bonds. The first-order valence-corrected chi connectivity index (χ1v) is 3.89. The summed E-state index contributed by atoms with van der Waals surface area (Å²) >= 11 is 0. The molecule has 0 aliphatic carbocycles. The van der Waals surface area contributed by atoms with Crippen LogP contribution in [0.25, 0.3) is 4.85 Å². The zero-order chi connectivity index (χ0) is 11.1. The lowest BCUT2D eigenvalue weighted by Crippen LogP contribution is -1.88. The van der Waals surface area contributed by atoms with Gasteiger partial charge in [-0.3, -0.25) is 10.1 Å². The maximum Gasteiger partial charge on any atom is 0.416 e. The number of hydrogen-bond acceptors (Lipinski definition) is 3. The van der Waals surface area contributed by atoms with E-state index in [1.807, 2.05) is 0 Å². The van der Waals surface area contributed by atoms with Crippen LogP contribution in [0.2, 0.25) is 0 Å². The van der Waals surface area contributed by atoms with E-state index in [0.717, 1.165) is 5.56 Å². The number of benzene rings is 1. The van der Waals surface area contributed by atoms with Crippen molar-refractivity contribution in [2.75, 3.05) is 7.05 Å². The number of hydrogen-bond donors (Lipinski definition) is 1. The Morgan fingerprint density at radius 1 is 1.50 bits per heavy atom. The second-order valence-electron chi connectivity index (χ2n) is 2.38. The molecule has 5 heteroatoms. The first kappa shape index (κ1) is 12.1. The lowest BCUT2D eigenvalue weighted by atomic mass is 10.2. The van der Waals surface area contributed by atoms with Gasteiger partial charge in [0.2, 0.25) is 0 Å². The molecule has 0 aromatic heterocycles. The van der Waals surface area contributed by atoms with E-state index >= 15 is 0 Å². The summed E-state index contributed by atoms with van der Waals surface area (Å²) in [5.74, 6) is 0. The van der Waals surface area contributed by atoms with Crippen molar-refractivity contribution in [3.8, 4) is 6.57 Å². The van der Waals surface area contributed by atoms with Gasteiger partial charge in [-0.1, -0.05) is 6.07 Å². The van der Waals surface area contributed by atoms with Crippen LogP contribution in [0.4, 0.5) is 11.4 Å². The van der Waals surface area contributed by atoms with Crippen molar-refractivity contribution in [1.82, 2.24) is 0 Å². The second-order valence-corrected chi connectivity index (χ2v) is 2.38. The fourth-order valence-electron chi connectivity index (χ4n) is 0.889. The molecule has 0 heterocycles. The maximum absolute atomic E-state index is 10.4. The molecule has 1 aromatic carbocycles. The van der Waals surface area contributed by atoms with Crippen molar-refractivity contribution in [1.29, 1.82) is 0 Å². The van der Waals surface area contributed by atoms with Crippen molar-refractivity contribution >= 4 is 11.4 Å². The molecule has 0 saturated heterocycles. The summed E-state index contributed by atoms with van der Waals surface area (Å²) in [5, 5.41) is 10.4. The summed E-state index contributed by atoms with van der Waals surface area (Å²) in [7, 11) is 1.50. The van der Waals surface area contributed by atoms with Crippen LogP contribution < -0.4 is 5.73 Å². The van der Waals surface area contributed by atoms with Crippen LogP contribution in [0.3, 0.4) is 0 Å². The Bertz CT molecular complexity index is 369. The highest BCUT2D eigenvalue weighted by atomic mass is 16.6. The normalized spacial score (nSPS) is 8.14. The summed E-state index contributed by atoms with van der Waals surface area (Å²) in [5.41, 5.74) is 5.46. The number of rotatable bonds is 1. The van der Waals surface area contributed by atoms with Gasteiger partial charge in [0.05, 0.1) is 4.92 Å². The average molecular weight is 194 g/mol. The zero-order valence-electron chi connectivity index (χ0n) is 8.10. The van der Waals surface area contributed by atoms with Crippen LogP contribution in [0.1, 0.15) is 5.56 Å². The van der Waals surface area contributed by atoms with Crippen molar-refractivity contribution in [2.24, 2.45) is 5.73 Å². The van der Waals surface area contributed by atoms with Crippen molar-refractivity contribution in [3.05, 3.63) is 38.7 Å². The third-order valence-corrected chi connectivity index (χ3v) is 1.47. The molecule has 1 rings (SSSR count). The molecule has 2 N–H and O–H groups in total. The molecule has 0 fully saturated rings. The first-order valence-electron chi connectivity index (χ1n) is 3.89. The Morgan fingerprint density at radius 3 is 2.50 bits per heavy atom. The number of aryl methyl sites for hydroxylation is 1. The third-order valence-electron chi connectivity index (χ3n) is 1.47. The van der Waals surface area contributed by atoms with E-state index in [1.165, 1.54) is 19.2 Å². The van der Waals surface area contributed by atoms with Crippen molar-refractivity contribution in [3.63, 3.8) is 0 Å². The van der Waals surface area contributed by atoms with Gasteiger partial charge < -0.3 is 5.73 Å². The van der Waals surface area contributed by atoms with Gasteiger partial charge in [0.25, 0.3) is 6.57 Å². The van der Waals surface area contributed by atoms with Crippen molar-refractivity contribution in [2.45, 2.75) is 6.92 Å². The molecule has 14 heavy (non-hydrogen) atoms. The van der Waals surface area contributed by atoms with Crippen LogP contribution in [-0.4, -0.2) is 12.0 Å². The van der Waals surface area contributed by atoms with Gasteiger partial charge in [-0.15, -0.1) is 0 Å². The molecule has 74 valence electrons. The Labute approximate surface area is 82.1 Å². The average Bonchev–Trinajstić information content (AvgIpc) is 2.20. The highest BCUT2D eigenvalue weighted by Crippen LogP contribution is 2.27. The summed E-state index contributed by atoms with van der Waals surface area (Å²) in [6.45, 7) is 6.73. The number of nitro groups is 1. The Hall–Kier alpha value is -1.93. The monoisotopic (exact) mass is 194 g/mol. The third kappa shape index (κ3) is 2.84. The minimum atomic E-state index is -0.501. The van der Waals surface area contributed by atoms with E-state index in [1.54, 1.807) is 13.0 Å². The predicted molar refractivity (Wildman–Crippen MR) is 55.9 cm³/mol. The molecule has 0 aliphatic heterocycles. The van der Waals surface area contributed by atoms with E-state index in [0.29, 0.717) is 0 Å². The van der Waals surface area contributed by atoms with Crippen LogP contribution in [0.15, 0.2) is 18.2 Å². The summed E-state index contributed by atoms with van der Waals surface area (Å²) in [6.07, 6.45) is 0. The van der Waals surface area contributed by atoms with Crippen LogP contribution >= 0.6 is 0 Å². The van der Waals surface area contributed by atoms with Gasteiger partial charge in [-0.05, 0) is 24.4 Å². The Morgan fingerprint density at radius 2 is 2.07 bits per heavy atom. The van der Waals surface area contributed by atoms with Crippen LogP contribution in [-0.2, 0) is 0 Å². The first-order chi connectivity index (χ1) is 6.65. The van der Waals surface area contributed by atoms with Crippen LogP contribution in [0.5, 0.6) is 0 Å². The molecular formula is C9H12N3O2+. The minimum Gasteiger partial charge on any atom is -0.333 e. The van der Waals surface area contributed by atoms with Crippen LogP contribution in [0, 0.1) is 23.6 Å². The summed E-state index contributed by atoms with van der Waals surface area (Å²) in [6, 6.07) is 4.68. The van der Waals surface area contributed by atoms with Gasteiger partial charge in [0.15, 0.2) is 0 Å². The maximum atomic E-state index is 10.4. The van der Waals surface area contributed by atoms with Gasteiger partial charge >= 0.3 is 11.4 Å². The SMILES string of the molecule is C#[N+]c1ccc(C)cc1[N+](=O)[O-].CN. The lowest BCUT2D eigenvalue weighted by molar-refractivity contribution is -0.383. The molecule has 1 aromatic rings. The fourth-order valence-corrected chi connectivity index (χ4v) is 0.889. The van der Waals surface area contributed by atoms with E-state index in [2.05, 4.69) is 10.6 Å². The number of nitro benzene ring substituents is 1. The molecule has 0 atom stereocenters. The summed E-state index contributed by atoms with van der Waals surface area (Å²) < 4.78 is 0. The fraction of sp³-hybridized carbons (Fsp3) is 0.222. The zero-order valence-corrected chi connectivity index (χ0v) is 8.10. The molecule has 0 unspecified atom stereocenters. The van der Waals surface area contributed by atoms with E-state index in [9.17, 15) is 10.1 Å². The van der Waals surface area contributed by atoms with E-state index < -0.39 is 4.92 Å². The quantitative estimate of drug-likeness (QED) is 0.549. The standard InChI is InChI=1S/C8H7N2O2.CH5N/c1-6-3-4-7(9-2)8(5-6)10(11)12;1-2/h2-5H,1H3;2H2,1H3/q+1;. The molecule has 0 saturated carbocycles. The smallest absolute Gasteiger partial charge is 0.333 e. The molecule has 5 nitrogen and oxygen atoms in total.